The Morgan fingerprint density at radius 3 is 2.45 bits per heavy atom. The lowest BCUT2D eigenvalue weighted by atomic mass is 9.86. The zero-order valence-corrected chi connectivity index (χ0v) is 25.7. The Kier molecular flexibility index (Phi) is 11.9. The zero-order chi connectivity index (χ0) is 29.3. The molecule has 0 fully saturated rings. The largest absolute Gasteiger partial charge is 0.493 e. The van der Waals surface area contributed by atoms with Crippen LogP contribution in [0.4, 0.5) is 8.78 Å². The maximum absolute atomic E-state index is 13.9. The number of aryl methyl sites for hydroxylation is 2. The second-order valence-electron chi connectivity index (χ2n) is 11.0. The van der Waals surface area contributed by atoms with Crippen molar-refractivity contribution in [1.29, 1.82) is 0 Å². The van der Waals surface area contributed by atoms with E-state index in [4.69, 9.17) is 4.74 Å². The third-order valence-corrected chi connectivity index (χ3v) is 7.56. The molecule has 0 unspecified atom stereocenters. The molecule has 216 valence electrons. The number of hydrogen-bond donors (Lipinski definition) is 3. The number of aliphatic hydroxyl groups excluding tert-OH is 1. The van der Waals surface area contributed by atoms with Gasteiger partial charge in [0.2, 0.25) is 5.91 Å². The minimum atomic E-state index is -0.985. The third-order valence-electron chi connectivity index (χ3n) is 6.89. The molecule has 3 rings (SSSR count). The quantitative estimate of drug-likeness (QED) is 0.141. The summed E-state index contributed by atoms with van der Waals surface area (Å²) in [6, 6.07) is 16.6. The number of ether oxygens (including phenoxy) is 1. The third kappa shape index (κ3) is 10.1. The molecule has 0 aliphatic heterocycles. The van der Waals surface area contributed by atoms with Crippen LogP contribution in [0, 0.1) is 34.5 Å². The van der Waals surface area contributed by atoms with Gasteiger partial charge in [0, 0.05) is 28.1 Å². The summed E-state index contributed by atoms with van der Waals surface area (Å²) < 4.78 is 34.8. The fourth-order valence-electron chi connectivity index (χ4n) is 4.46. The standard InChI is InChI=1S/C32H39F2IN2O3/c1-21-9-10-22(2)30(13-21)40-12-6-11-32(3,4)31(39)37-28(17-24-14-25(33)18-26(34)15-24)29(38)20-36-19-23-7-5-8-27(35)16-23/h5,7-10,13-16,18,28-29,36,38H,6,11-12,17,19-20H2,1-4H3,(H,37,39)/t28-,29+/m0/s1. The molecule has 0 saturated carbocycles. The van der Waals surface area contributed by atoms with Crippen molar-refractivity contribution in [3.8, 4) is 5.75 Å². The van der Waals surface area contributed by atoms with Crippen molar-refractivity contribution in [1.82, 2.24) is 10.6 Å². The van der Waals surface area contributed by atoms with Crippen molar-refractivity contribution in [2.24, 2.45) is 5.41 Å². The average molecular weight is 665 g/mol. The van der Waals surface area contributed by atoms with Crippen LogP contribution in [0.15, 0.2) is 60.7 Å². The predicted octanol–water partition coefficient (Wildman–Crippen LogP) is 6.25. The number of hydrogen-bond acceptors (Lipinski definition) is 4. The molecule has 3 aromatic rings. The number of carbonyl (C=O) groups is 1. The Hall–Kier alpha value is -2.56. The Morgan fingerprint density at radius 1 is 1.02 bits per heavy atom. The van der Waals surface area contributed by atoms with Gasteiger partial charge in [-0.1, -0.05) is 38.1 Å². The molecule has 3 aromatic carbocycles. The number of amides is 1. The second-order valence-corrected chi connectivity index (χ2v) is 12.2. The fraction of sp³-hybridized carbons (Fsp3) is 0.406. The summed E-state index contributed by atoms with van der Waals surface area (Å²) in [6.45, 7) is 8.91. The van der Waals surface area contributed by atoms with Gasteiger partial charge in [0.1, 0.15) is 17.4 Å². The topological polar surface area (TPSA) is 70.6 Å². The summed E-state index contributed by atoms with van der Waals surface area (Å²) in [5.41, 5.74) is 2.86. The molecule has 0 aliphatic carbocycles. The van der Waals surface area contributed by atoms with Crippen LogP contribution in [0.3, 0.4) is 0 Å². The molecular weight excluding hydrogens is 625 g/mol. The zero-order valence-electron chi connectivity index (χ0n) is 23.6. The summed E-state index contributed by atoms with van der Waals surface area (Å²) in [5.74, 6) is -0.797. The first kappa shape index (κ1) is 32.0. The highest BCUT2D eigenvalue weighted by molar-refractivity contribution is 14.1. The van der Waals surface area contributed by atoms with E-state index in [-0.39, 0.29) is 18.9 Å². The number of rotatable bonds is 14. The summed E-state index contributed by atoms with van der Waals surface area (Å²) in [5, 5.41) is 17.2. The van der Waals surface area contributed by atoms with Gasteiger partial charge in [-0.25, -0.2) is 8.78 Å². The van der Waals surface area contributed by atoms with E-state index in [1.54, 1.807) is 0 Å². The Bertz CT molecular complexity index is 1260. The van der Waals surface area contributed by atoms with E-state index >= 15 is 0 Å². The molecule has 0 aromatic heterocycles. The molecule has 0 bridgehead atoms. The van der Waals surface area contributed by atoms with E-state index < -0.39 is 29.2 Å². The number of nitrogens with one attached hydrogen (secondary N) is 2. The van der Waals surface area contributed by atoms with E-state index in [9.17, 15) is 18.7 Å². The van der Waals surface area contributed by atoms with E-state index in [0.29, 0.717) is 31.6 Å². The summed E-state index contributed by atoms with van der Waals surface area (Å²) >= 11 is 2.24. The summed E-state index contributed by atoms with van der Waals surface area (Å²) in [7, 11) is 0. The smallest absolute Gasteiger partial charge is 0.225 e. The molecule has 0 radical (unpaired) electrons. The molecule has 0 saturated heterocycles. The molecule has 2 atom stereocenters. The highest BCUT2D eigenvalue weighted by Gasteiger charge is 2.31. The lowest BCUT2D eigenvalue weighted by molar-refractivity contribution is -0.131. The minimum Gasteiger partial charge on any atom is -0.493 e. The monoisotopic (exact) mass is 664 g/mol. The van der Waals surface area contributed by atoms with Gasteiger partial charge in [-0.15, -0.1) is 0 Å². The van der Waals surface area contributed by atoms with Crippen molar-refractivity contribution in [2.75, 3.05) is 13.2 Å². The number of carbonyl (C=O) groups excluding carboxylic acids is 1. The fourth-order valence-corrected chi connectivity index (χ4v) is 5.06. The highest BCUT2D eigenvalue weighted by Crippen LogP contribution is 2.25. The first-order valence-corrected chi connectivity index (χ1v) is 14.6. The van der Waals surface area contributed by atoms with Crippen molar-refractivity contribution in [2.45, 2.75) is 65.6 Å². The van der Waals surface area contributed by atoms with Crippen LogP contribution in [-0.2, 0) is 17.8 Å². The molecule has 1 amide bonds. The SMILES string of the molecule is Cc1ccc(C)c(OCCCC(C)(C)C(=O)N[C@@H](Cc2cc(F)cc(F)c2)[C@H](O)CNCc2cccc(I)c2)c1. The Morgan fingerprint density at radius 2 is 1.75 bits per heavy atom. The molecule has 8 heteroatoms. The lowest BCUT2D eigenvalue weighted by Crippen LogP contribution is -2.52. The van der Waals surface area contributed by atoms with Crippen LogP contribution in [0.2, 0.25) is 0 Å². The summed E-state index contributed by atoms with van der Waals surface area (Å²) in [4.78, 5) is 13.4. The van der Waals surface area contributed by atoms with Crippen molar-refractivity contribution < 1.29 is 23.4 Å². The van der Waals surface area contributed by atoms with Gasteiger partial charge in [0.15, 0.2) is 0 Å². The molecule has 5 nitrogen and oxygen atoms in total. The van der Waals surface area contributed by atoms with Crippen molar-refractivity contribution in [3.63, 3.8) is 0 Å². The molecule has 40 heavy (non-hydrogen) atoms. The van der Waals surface area contributed by atoms with Crippen LogP contribution in [0.1, 0.15) is 48.9 Å². The van der Waals surface area contributed by atoms with Gasteiger partial charge in [-0.3, -0.25) is 4.79 Å². The van der Waals surface area contributed by atoms with Gasteiger partial charge in [0.05, 0.1) is 18.8 Å². The van der Waals surface area contributed by atoms with Crippen LogP contribution in [0.25, 0.3) is 0 Å². The van der Waals surface area contributed by atoms with E-state index in [1.165, 1.54) is 12.1 Å². The first-order valence-electron chi connectivity index (χ1n) is 13.5. The second kappa shape index (κ2) is 14.9. The van der Waals surface area contributed by atoms with Crippen LogP contribution < -0.4 is 15.4 Å². The number of halogens is 3. The normalized spacial score (nSPS) is 13.1. The van der Waals surface area contributed by atoms with Crippen molar-refractivity contribution in [3.05, 3.63) is 98.1 Å². The predicted molar refractivity (Wildman–Crippen MR) is 163 cm³/mol. The number of benzene rings is 3. The molecular formula is C32H39F2IN2O3. The molecule has 0 heterocycles. The van der Waals surface area contributed by atoms with Gasteiger partial charge < -0.3 is 20.5 Å². The molecule has 0 aliphatic rings. The molecule has 3 N–H and O–H groups in total. The van der Waals surface area contributed by atoms with Gasteiger partial charge in [-0.05, 0) is 108 Å². The van der Waals surface area contributed by atoms with Gasteiger partial charge in [0.25, 0.3) is 0 Å². The van der Waals surface area contributed by atoms with E-state index in [0.717, 1.165) is 32.1 Å². The maximum atomic E-state index is 13.9. The van der Waals surface area contributed by atoms with Gasteiger partial charge in [-0.2, -0.15) is 0 Å². The minimum absolute atomic E-state index is 0.0817. The highest BCUT2D eigenvalue weighted by atomic mass is 127. The van der Waals surface area contributed by atoms with Crippen LogP contribution >= 0.6 is 22.6 Å². The van der Waals surface area contributed by atoms with Crippen molar-refractivity contribution >= 4 is 28.5 Å². The van der Waals surface area contributed by atoms with E-state index in [1.807, 2.05) is 70.2 Å². The Balaban J connectivity index is 1.62. The van der Waals surface area contributed by atoms with Gasteiger partial charge >= 0.3 is 0 Å². The maximum Gasteiger partial charge on any atom is 0.225 e. The average Bonchev–Trinajstić information content (AvgIpc) is 2.87. The van der Waals surface area contributed by atoms with Crippen LogP contribution in [0.5, 0.6) is 5.75 Å². The summed E-state index contributed by atoms with van der Waals surface area (Å²) in [6.07, 6.45) is 0.319. The Labute approximate surface area is 249 Å². The first-order chi connectivity index (χ1) is 18.9. The lowest BCUT2D eigenvalue weighted by Gasteiger charge is -2.30. The van der Waals surface area contributed by atoms with Crippen LogP contribution in [-0.4, -0.2) is 36.3 Å². The molecule has 0 spiro atoms. The number of aliphatic hydroxyl groups is 1. The van der Waals surface area contributed by atoms with E-state index in [2.05, 4.69) is 33.2 Å².